The van der Waals surface area contributed by atoms with Crippen molar-refractivity contribution < 1.29 is 19.1 Å². The first-order valence-electron chi connectivity index (χ1n) is 8.65. The van der Waals surface area contributed by atoms with E-state index in [0.29, 0.717) is 11.5 Å². The van der Waals surface area contributed by atoms with Crippen LogP contribution in [0.1, 0.15) is 68.3 Å². The molecule has 4 heteroatoms. The maximum Gasteiger partial charge on any atom is 0.342 e. The van der Waals surface area contributed by atoms with Crippen molar-refractivity contribution in [3.63, 3.8) is 0 Å². The molecule has 132 valence electrons. The standard InChI is InChI=1S/C18H22O4.C2H6/c1-13-3-5-14(6-4-13)15-7-9-16(10-8-15)18(20)22-12-11-17(19)21-2;1-2/h7-14H,3-6H2,1-2H3;1-2H3/b12-11+;. The molecule has 0 aliphatic heterocycles. The summed E-state index contributed by atoms with van der Waals surface area (Å²) in [5.41, 5.74) is 1.76. The van der Waals surface area contributed by atoms with Crippen LogP contribution in [-0.2, 0) is 14.3 Å². The van der Waals surface area contributed by atoms with Crippen molar-refractivity contribution in [3.05, 3.63) is 47.7 Å². The maximum atomic E-state index is 11.8. The summed E-state index contributed by atoms with van der Waals surface area (Å²) in [6, 6.07) is 7.56. The average molecular weight is 332 g/mol. The molecule has 1 aliphatic carbocycles. The van der Waals surface area contributed by atoms with Crippen LogP contribution in [0.5, 0.6) is 0 Å². The third-order valence-corrected chi connectivity index (χ3v) is 4.21. The van der Waals surface area contributed by atoms with Gasteiger partial charge in [-0.2, -0.15) is 0 Å². The number of carbonyl (C=O) groups is 2. The molecule has 0 aromatic heterocycles. The summed E-state index contributed by atoms with van der Waals surface area (Å²) in [7, 11) is 1.26. The van der Waals surface area contributed by atoms with Gasteiger partial charge < -0.3 is 9.47 Å². The molecule has 0 bridgehead atoms. The molecule has 1 aromatic carbocycles. The molecule has 0 radical (unpaired) electrons. The largest absolute Gasteiger partial charge is 0.466 e. The Kier molecular flexibility index (Phi) is 8.84. The third kappa shape index (κ3) is 6.19. The summed E-state index contributed by atoms with van der Waals surface area (Å²) in [6.07, 6.45) is 7.08. The summed E-state index contributed by atoms with van der Waals surface area (Å²) in [5, 5.41) is 0. The molecule has 0 spiro atoms. The minimum Gasteiger partial charge on any atom is -0.466 e. The Labute approximate surface area is 144 Å². The van der Waals surface area contributed by atoms with E-state index in [1.54, 1.807) is 12.1 Å². The van der Waals surface area contributed by atoms with Crippen LogP contribution in [-0.4, -0.2) is 19.0 Å². The monoisotopic (exact) mass is 332 g/mol. The SMILES string of the molecule is CC.COC(=O)/C=C/OC(=O)c1ccc(C2CCC(C)CC2)cc1. The summed E-state index contributed by atoms with van der Waals surface area (Å²) in [5.74, 6) is 0.381. The third-order valence-electron chi connectivity index (χ3n) is 4.21. The lowest BCUT2D eigenvalue weighted by molar-refractivity contribution is -0.134. The van der Waals surface area contributed by atoms with Crippen molar-refractivity contribution in [2.45, 2.75) is 52.4 Å². The maximum absolute atomic E-state index is 11.8. The minimum atomic E-state index is -0.560. The lowest BCUT2D eigenvalue weighted by Crippen LogP contribution is -2.11. The van der Waals surface area contributed by atoms with Gasteiger partial charge in [0.1, 0.15) is 6.26 Å². The Morgan fingerprint density at radius 1 is 1.04 bits per heavy atom. The predicted molar refractivity (Wildman–Crippen MR) is 94.7 cm³/mol. The summed E-state index contributed by atoms with van der Waals surface area (Å²) >= 11 is 0. The molecule has 1 aliphatic rings. The van der Waals surface area contributed by atoms with Crippen LogP contribution < -0.4 is 0 Å². The molecule has 1 saturated carbocycles. The first kappa shape index (κ1) is 19.9. The molecule has 24 heavy (non-hydrogen) atoms. The van der Waals surface area contributed by atoms with Crippen LogP contribution in [0.4, 0.5) is 0 Å². The molecule has 0 saturated heterocycles. The summed E-state index contributed by atoms with van der Waals surface area (Å²) in [4.78, 5) is 22.7. The molecule has 0 amide bonds. The van der Waals surface area contributed by atoms with Crippen LogP contribution in [0.25, 0.3) is 0 Å². The second-order valence-electron chi connectivity index (χ2n) is 5.81. The van der Waals surface area contributed by atoms with Crippen LogP contribution in [0.3, 0.4) is 0 Å². The number of hydrogen-bond acceptors (Lipinski definition) is 4. The lowest BCUT2D eigenvalue weighted by Gasteiger charge is -2.26. The van der Waals surface area contributed by atoms with Gasteiger partial charge in [0, 0.05) is 0 Å². The zero-order valence-corrected chi connectivity index (χ0v) is 15.1. The number of carbonyl (C=O) groups excluding carboxylic acids is 2. The molecular formula is C20H28O4. The van der Waals surface area contributed by atoms with E-state index < -0.39 is 11.9 Å². The highest BCUT2D eigenvalue weighted by Crippen LogP contribution is 2.35. The fourth-order valence-electron chi connectivity index (χ4n) is 2.77. The van der Waals surface area contributed by atoms with Crippen molar-refractivity contribution in [1.29, 1.82) is 0 Å². The Hall–Kier alpha value is -2.10. The fraction of sp³-hybridized carbons (Fsp3) is 0.500. The predicted octanol–water partition coefficient (Wildman–Crippen LogP) is 4.85. The fourth-order valence-corrected chi connectivity index (χ4v) is 2.77. The molecule has 1 fully saturated rings. The van der Waals surface area contributed by atoms with Crippen molar-refractivity contribution in [3.8, 4) is 0 Å². The summed E-state index contributed by atoms with van der Waals surface area (Å²) < 4.78 is 9.29. The van der Waals surface area contributed by atoms with Gasteiger partial charge in [-0.1, -0.05) is 45.7 Å². The molecule has 0 unspecified atom stereocenters. The molecule has 0 heterocycles. The zero-order valence-electron chi connectivity index (χ0n) is 15.1. The number of esters is 2. The van der Waals surface area contributed by atoms with E-state index in [1.165, 1.54) is 38.4 Å². The second kappa shape index (κ2) is 10.6. The lowest BCUT2D eigenvalue weighted by atomic mass is 9.79. The van der Waals surface area contributed by atoms with Crippen LogP contribution >= 0.6 is 0 Å². The van der Waals surface area contributed by atoms with Gasteiger partial charge in [0.25, 0.3) is 0 Å². The smallest absolute Gasteiger partial charge is 0.342 e. The first-order chi connectivity index (χ1) is 11.6. The number of rotatable bonds is 4. The van der Waals surface area contributed by atoms with Crippen molar-refractivity contribution >= 4 is 11.9 Å². The minimum absolute atomic E-state index is 0.474. The van der Waals surface area contributed by atoms with E-state index in [-0.39, 0.29) is 0 Å². The number of hydrogen-bond donors (Lipinski definition) is 0. The van der Waals surface area contributed by atoms with Gasteiger partial charge in [0.15, 0.2) is 0 Å². The Bertz CT molecular complexity index is 537. The Balaban J connectivity index is 0.00000139. The Morgan fingerprint density at radius 2 is 1.62 bits per heavy atom. The number of benzene rings is 1. The van der Waals surface area contributed by atoms with E-state index in [0.717, 1.165) is 18.3 Å². The highest BCUT2D eigenvalue weighted by Gasteiger charge is 2.19. The van der Waals surface area contributed by atoms with Crippen molar-refractivity contribution in [2.75, 3.05) is 7.11 Å². The molecule has 0 atom stereocenters. The van der Waals surface area contributed by atoms with E-state index >= 15 is 0 Å². The average Bonchev–Trinajstić information content (AvgIpc) is 2.64. The normalized spacial score (nSPS) is 20.0. The van der Waals surface area contributed by atoms with Crippen LogP contribution in [0, 0.1) is 5.92 Å². The van der Waals surface area contributed by atoms with Gasteiger partial charge >= 0.3 is 11.9 Å². The highest BCUT2D eigenvalue weighted by atomic mass is 16.5. The van der Waals surface area contributed by atoms with E-state index in [1.807, 2.05) is 26.0 Å². The van der Waals surface area contributed by atoms with Gasteiger partial charge in [0.05, 0.1) is 18.7 Å². The van der Waals surface area contributed by atoms with Gasteiger partial charge in [-0.05, 0) is 42.4 Å². The van der Waals surface area contributed by atoms with Crippen LogP contribution in [0.15, 0.2) is 36.6 Å². The molecule has 4 nitrogen and oxygen atoms in total. The van der Waals surface area contributed by atoms with E-state index in [9.17, 15) is 9.59 Å². The summed E-state index contributed by atoms with van der Waals surface area (Å²) in [6.45, 7) is 6.30. The molecular weight excluding hydrogens is 304 g/mol. The van der Waals surface area contributed by atoms with Gasteiger partial charge in [-0.3, -0.25) is 0 Å². The quantitative estimate of drug-likeness (QED) is 0.449. The van der Waals surface area contributed by atoms with Crippen molar-refractivity contribution in [2.24, 2.45) is 5.92 Å². The number of ether oxygens (including phenoxy) is 2. The zero-order chi connectivity index (χ0) is 17.9. The molecule has 1 aromatic rings. The van der Waals surface area contributed by atoms with Gasteiger partial charge in [-0.15, -0.1) is 0 Å². The molecule has 0 N–H and O–H groups in total. The number of methoxy groups -OCH3 is 1. The van der Waals surface area contributed by atoms with E-state index in [4.69, 9.17) is 4.74 Å². The van der Waals surface area contributed by atoms with E-state index in [2.05, 4.69) is 11.7 Å². The van der Waals surface area contributed by atoms with Gasteiger partial charge in [0.2, 0.25) is 0 Å². The Morgan fingerprint density at radius 3 is 2.17 bits per heavy atom. The first-order valence-corrected chi connectivity index (χ1v) is 8.65. The topological polar surface area (TPSA) is 52.6 Å². The highest BCUT2D eigenvalue weighted by molar-refractivity contribution is 5.90. The molecule has 2 rings (SSSR count). The van der Waals surface area contributed by atoms with Crippen LogP contribution in [0.2, 0.25) is 0 Å². The van der Waals surface area contributed by atoms with Gasteiger partial charge in [-0.25, -0.2) is 9.59 Å². The second-order valence-corrected chi connectivity index (χ2v) is 5.81. The van der Waals surface area contributed by atoms with Crippen molar-refractivity contribution in [1.82, 2.24) is 0 Å².